The predicted molar refractivity (Wildman–Crippen MR) is 90.1 cm³/mol. The fourth-order valence-electron chi connectivity index (χ4n) is 3.00. The van der Waals surface area contributed by atoms with E-state index in [1.807, 2.05) is 0 Å². The molecule has 2 fully saturated rings. The summed E-state index contributed by atoms with van der Waals surface area (Å²) in [5.74, 6) is -0.0179. The maximum Gasteiger partial charge on any atom is 0.410 e. The summed E-state index contributed by atoms with van der Waals surface area (Å²) in [5.41, 5.74) is 5.19. The molecule has 2 saturated heterocycles. The standard InChI is InChI=1S/C15H29N3O5S/c1-15(2,3)23-14(19)17-6-7-18(12(9-16)10-17)24(20,21)11-13-5-4-8-22-13/h12-13H,4-11,16H2,1-3H3. The maximum absolute atomic E-state index is 12.7. The van der Waals surface area contributed by atoms with Gasteiger partial charge in [-0.3, -0.25) is 0 Å². The number of nitrogens with zero attached hydrogens (tertiary/aromatic N) is 2. The lowest BCUT2D eigenvalue weighted by molar-refractivity contribution is 0.0136. The minimum Gasteiger partial charge on any atom is -0.444 e. The Labute approximate surface area is 144 Å². The van der Waals surface area contributed by atoms with Gasteiger partial charge in [0.05, 0.1) is 17.9 Å². The van der Waals surface area contributed by atoms with Gasteiger partial charge in [-0.25, -0.2) is 13.2 Å². The number of hydrogen-bond donors (Lipinski definition) is 1. The topological polar surface area (TPSA) is 102 Å². The van der Waals surface area contributed by atoms with E-state index in [9.17, 15) is 13.2 Å². The maximum atomic E-state index is 12.7. The van der Waals surface area contributed by atoms with Crippen molar-refractivity contribution in [3.8, 4) is 0 Å². The Morgan fingerprint density at radius 3 is 2.58 bits per heavy atom. The van der Waals surface area contributed by atoms with E-state index in [1.54, 1.807) is 20.8 Å². The molecule has 0 bridgehead atoms. The fourth-order valence-corrected chi connectivity index (χ4v) is 4.89. The molecule has 0 aromatic rings. The molecular weight excluding hydrogens is 334 g/mol. The molecular formula is C15H29N3O5S. The van der Waals surface area contributed by atoms with Crippen molar-refractivity contribution in [2.45, 2.75) is 51.4 Å². The lowest BCUT2D eigenvalue weighted by atomic mass is 10.2. The van der Waals surface area contributed by atoms with Crippen molar-refractivity contribution in [1.82, 2.24) is 9.21 Å². The molecule has 9 heteroatoms. The van der Waals surface area contributed by atoms with Crippen LogP contribution in [0.5, 0.6) is 0 Å². The Kier molecular flexibility index (Phi) is 6.11. The van der Waals surface area contributed by atoms with Crippen LogP contribution in [0.25, 0.3) is 0 Å². The number of piperazine rings is 1. The first-order chi connectivity index (χ1) is 11.1. The Morgan fingerprint density at radius 1 is 1.33 bits per heavy atom. The van der Waals surface area contributed by atoms with E-state index in [0.717, 1.165) is 12.8 Å². The molecule has 0 radical (unpaired) electrons. The van der Waals surface area contributed by atoms with Gasteiger partial charge in [0.25, 0.3) is 0 Å². The van der Waals surface area contributed by atoms with Crippen molar-refractivity contribution >= 4 is 16.1 Å². The molecule has 2 aliphatic heterocycles. The molecule has 0 spiro atoms. The van der Waals surface area contributed by atoms with Gasteiger partial charge in [0, 0.05) is 32.8 Å². The quantitative estimate of drug-likeness (QED) is 0.774. The third-order valence-electron chi connectivity index (χ3n) is 4.13. The second-order valence-corrected chi connectivity index (χ2v) is 9.31. The van der Waals surface area contributed by atoms with Gasteiger partial charge in [0.2, 0.25) is 10.0 Å². The minimum absolute atomic E-state index is 0.0179. The molecule has 2 aliphatic rings. The highest BCUT2D eigenvalue weighted by atomic mass is 32.2. The summed E-state index contributed by atoms with van der Waals surface area (Å²) in [6.45, 7) is 6.95. The zero-order valence-corrected chi connectivity index (χ0v) is 15.5. The number of amides is 1. The summed E-state index contributed by atoms with van der Waals surface area (Å²) in [5, 5.41) is 0. The van der Waals surface area contributed by atoms with Crippen molar-refractivity contribution in [3.05, 3.63) is 0 Å². The van der Waals surface area contributed by atoms with Crippen LogP contribution in [0.3, 0.4) is 0 Å². The van der Waals surface area contributed by atoms with Gasteiger partial charge < -0.3 is 20.1 Å². The third kappa shape index (κ3) is 5.05. The van der Waals surface area contributed by atoms with Crippen molar-refractivity contribution in [1.29, 1.82) is 0 Å². The smallest absolute Gasteiger partial charge is 0.410 e. The molecule has 2 heterocycles. The SMILES string of the molecule is CC(C)(C)OC(=O)N1CCN(S(=O)(=O)CC2CCCO2)C(CN)C1. The van der Waals surface area contributed by atoms with Crippen LogP contribution in [0.4, 0.5) is 4.79 Å². The minimum atomic E-state index is -3.46. The van der Waals surface area contributed by atoms with Crippen LogP contribution in [-0.4, -0.2) is 80.0 Å². The van der Waals surface area contributed by atoms with Gasteiger partial charge in [-0.15, -0.1) is 0 Å². The van der Waals surface area contributed by atoms with E-state index < -0.39 is 27.8 Å². The van der Waals surface area contributed by atoms with Gasteiger partial charge in [0.1, 0.15) is 5.60 Å². The number of carbonyl (C=O) groups excluding carboxylic acids is 1. The summed E-state index contributed by atoms with van der Waals surface area (Å²) in [6, 6.07) is -0.433. The lowest BCUT2D eigenvalue weighted by Gasteiger charge is -2.40. The zero-order valence-electron chi connectivity index (χ0n) is 14.7. The molecule has 140 valence electrons. The van der Waals surface area contributed by atoms with E-state index in [2.05, 4.69) is 0 Å². The highest BCUT2D eigenvalue weighted by Crippen LogP contribution is 2.21. The molecule has 2 atom stereocenters. The molecule has 1 amide bonds. The van der Waals surface area contributed by atoms with Gasteiger partial charge in [-0.2, -0.15) is 4.31 Å². The lowest BCUT2D eigenvalue weighted by Crippen LogP contribution is -2.60. The van der Waals surface area contributed by atoms with Gasteiger partial charge in [0.15, 0.2) is 0 Å². The van der Waals surface area contributed by atoms with E-state index in [1.165, 1.54) is 9.21 Å². The number of carbonyl (C=O) groups is 1. The molecule has 24 heavy (non-hydrogen) atoms. The van der Waals surface area contributed by atoms with Crippen LogP contribution < -0.4 is 5.73 Å². The first kappa shape index (κ1) is 19.4. The summed E-state index contributed by atoms with van der Waals surface area (Å²) in [6.07, 6.45) is 0.992. The van der Waals surface area contributed by atoms with Gasteiger partial charge in [-0.1, -0.05) is 0 Å². The van der Waals surface area contributed by atoms with Crippen molar-refractivity contribution in [2.24, 2.45) is 5.73 Å². The van der Waals surface area contributed by atoms with Crippen molar-refractivity contribution < 1.29 is 22.7 Å². The van der Waals surface area contributed by atoms with Gasteiger partial charge in [-0.05, 0) is 33.6 Å². The Morgan fingerprint density at radius 2 is 2.04 bits per heavy atom. The molecule has 0 aromatic heterocycles. The van der Waals surface area contributed by atoms with E-state index >= 15 is 0 Å². The summed E-state index contributed by atoms with van der Waals surface area (Å²) < 4.78 is 37.6. The molecule has 0 aliphatic carbocycles. The van der Waals surface area contributed by atoms with Crippen molar-refractivity contribution in [2.75, 3.05) is 38.5 Å². The fraction of sp³-hybridized carbons (Fsp3) is 0.933. The molecule has 8 nitrogen and oxygen atoms in total. The number of ether oxygens (including phenoxy) is 2. The Bertz CT molecular complexity index is 540. The average molecular weight is 363 g/mol. The zero-order chi connectivity index (χ0) is 18.0. The predicted octanol–water partition coefficient (Wildman–Crippen LogP) is 0.375. The number of sulfonamides is 1. The van der Waals surface area contributed by atoms with E-state index in [4.69, 9.17) is 15.2 Å². The first-order valence-corrected chi connectivity index (χ1v) is 10.0. The van der Waals surface area contributed by atoms with Crippen LogP contribution in [0.2, 0.25) is 0 Å². The first-order valence-electron chi connectivity index (χ1n) is 8.41. The number of rotatable bonds is 4. The summed E-state index contributed by atoms with van der Waals surface area (Å²) in [7, 11) is -3.46. The van der Waals surface area contributed by atoms with E-state index in [0.29, 0.717) is 13.2 Å². The Hall–Kier alpha value is -0.900. The molecule has 2 unspecified atom stereocenters. The Balaban J connectivity index is 2.00. The second-order valence-electron chi connectivity index (χ2n) is 7.34. The highest BCUT2D eigenvalue weighted by Gasteiger charge is 2.38. The van der Waals surface area contributed by atoms with Gasteiger partial charge >= 0.3 is 6.09 Å². The molecule has 2 N–H and O–H groups in total. The van der Waals surface area contributed by atoms with Crippen LogP contribution in [0, 0.1) is 0 Å². The second kappa shape index (κ2) is 7.55. The summed E-state index contributed by atoms with van der Waals surface area (Å²) >= 11 is 0. The summed E-state index contributed by atoms with van der Waals surface area (Å²) in [4.78, 5) is 13.7. The molecule has 0 aromatic carbocycles. The largest absolute Gasteiger partial charge is 0.444 e. The van der Waals surface area contributed by atoms with Crippen molar-refractivity contribution in [3.63, 3.8) is 0 Å². The van der Waals surface area contributed by atoms with Crippen LogP contribution in [0.1, 0.15) is 33.6 Å². The molecule has 2 rings (SSSR count). The normalized spacial score (nSPS) is 26.6. The monoisotopic (exact) mass is 363 g/mol. The van der Waals surface area contributed by atoms with Crippen LogP contribution >= 0.6 is 0 Å². The average Bonchev–Trinajstić information content (AvgIpc) is 2.96. The molecule has 0 saturated carbocycles. The van der Waals surface area contributed by atoms with Crippen LogP contribution in [0.15, 0.2) is 0 Å². The number of hydrogen-bond acceptors (Lipinski definition) is 6. The van der Waals surface area contributed by atoms with Crippen LogP contribution in [-0.2, 0) is 19.5 Å². The number of nitrogens with two attached hydrogens (primary N) is 1. The highest BCUT2D eigenvalue weighted by molar-refractivity contribution is 7.89. The third-order valence-corrected chi connectivity index (χ3v) is 6.12. The van der Waals surface area contributed by atoms with E-state index in [-0.39, 0.29) is 31.5 Å².